The van der Waals surface area contributed by atoms with E-state index >= 15 is 0 Å². The summed E-state index contributed by atoms with van der Waals surface area (Å²) >= 11 is 1.68. The topological polar surface area (TPSA) is 20.2 Å². The van der Waals surface area contributed by atoms with Gasteiger partial charge in [-0.1, -0.05) is 26.2 Å². The Morgan fingerprint density at radius 3 is 3.07 bits per heavy atom. The van der Waals surface area contributed by atoms with Crippen LogP contribution in [-0.4, -0.2) is 5.11 Å². The number of hydrogen-bond acceptors (Lipinski definition) is 2. The Bertz CT molecular complexity index is 281. The van der Waals surface area contributed by atoms with Gasteiger partial charge in [0, 0.05) is 0 Å². The normalized spacial score (nSPS) is 33.1. The lowest BCUT2D eigenvalue weighted by Gasteiger charge is -2.39. The first-order valence-electron chi connectivity index (χ1n) is 5.52. The van der Waals surface area contributed by atoms with Gasteiger partial charge in [-0.05, 0) is 41.1 Å². The summed E-state index contributed by atoms with van der Waals surface area (Å²) in [5, 5.41) is 14.9. The SMILES string of the molecule is CCC1CCCCC1(O)c1ccsc1. The zero-order valence-corrected chi connectivity index (χ0v) is 9.52. The fourth-order valence-electron chi connectivity index (χ4n) is 2.66. The summed E-state index contributed by atoms with van der Waals surface area (Å²) in [5.74, 6) is 0.464. The van der Waals surface area contributed by atoms with Gasteiger partial charge in [0.2, 0.25) is 0 Å². The number of hydrogen-bond donors (Lipinski definition) is 1. The van der Waals surface area contributed by atoms with Gasteiger partial charge < -0.3 is 5.11 Å². The van der Waals surface area contributed by atoms with E-state index in [2.05, 4.69) is 23.8 Å². The third kappa shape index (κ3) is 1.61. The minimum absolute atomic E-state index is 0.464. The van der Waals surface area contributed by atoms with Gasteiger partial charge in [-0.25, -0.2) is 0 Å². The molecule has 2 rings (SSSR count). The quantitative estimate of drug-likeness (QED) is 0.791. The highest BCUT2D eigenvalue weighted by atomic mass is 32.1. The molecule has 0 radical (unpaired) electrons. The van der Waals surface area contributed by atoms with Crippen LogP contribution in [0.2, 0.25) is 0 Å². The highest BCUT2D eigenvalue weighted by Gasteiger charge is 2.39. The van der Waals surface area contributed by atoms with E-state index in [1.807, 2.05) is 0 Å². The van der Waals surface area contributed by atoms with Crippen LogP contribution in [0.4, 0.5) is 0 Å². The summed E-state index contributed by atoms with van der Waals surface area (Å²) < 4.78 is 0. The van der Waals surface area contributed by atoms with Gasteiger partial charge >= 0.3 is 0 Å². The Hall–Kier alpha value is -0.340. The molecule has 0 saturated heterocycles. The first-order valence-corrected chi connectivity index (χ1v) is 6.46. The molecular weight excluding hydrogens is 192 g/mol. The molecule has 0 amide bonds. The molecule has 0 spiro atoms. The summed E-state index contributed by atoms with van der Waals surface area (Å²) in [6, 6.07) is 2.08. The van der Waals surface area contributed by atoms with E-state index in [-0.39, 0.29) is 0 Å². The van der Waals surface area contributed by atoms with Crippen LogP contribution in [0.15, 0.2) is 16.8 Å². The standard InChI is InChI=1S/C12H18OS/c1-2-10-5-3-4-7-12(10,13)11-6-8-14-9-11/h6,8-10,13H,2-5,7H2,1H3. The lowest BCUT2D eigenvalue weighted by Crippen LogP contribution is -2.37. The Morgan fingerprint density at radius 1 is 1.57 bits per heavy atom. The number of thiophene rings is 1. The summed E-state index contributed by atoms with van der Waals surface area (Å²) in [5.41, 5.74) is 0.626. The molecular formula is C12H18OS. The lowest BCUT2D eigenvalue weighted by molar-refractivity contribution is -0.0554. The van der Waals surface area contributed by atoms with Crippen molar-refractivity contribution >= 4 is 11.3 Å². The zero-order chi connectivity index (χ0) is 10.0. The summed E-state index contributed by atoms with van der Waals surface area (Å²) in [7, 11) is 0. The van der Waals surface area contributed by atoms with Gasteiger partial charge in [0.25, 0.3) is 0 Å². The summed E-state index contributed by atoms with van der Waals surface area (Å²) in [6.45, 7) is 2.19. The van der Waals surface area contributed by atoms with Gasteiger partial charge in [0.05, 0.1) is 5.60 Å². The van der Waals surface area contributed by atoms with Crippen molar-refractivity contribution in [2.24, 2.45) is 5.92 Å². The molecule has 0 bridgehead atoms. The van der Waals surface area contributed by atoms with Crippen molar-refractivity contribution in [2.75, 3.05) is 0 Å². The van der Waals surface area contributed by atoms with Crippen LogP contribution in [0, 0.1) is 5.92 Å². The molecule has 1 nitrogen and oxygen atoms in total. The maximum absolute atomic E-state index is 10.7. The molecule has 14 heavy (non-hydrogen) atoms. The zero-order valence-electron chi connectivity index (χ0n) is 8.70. The monoisotopic (exact) mass is 210 g/mol. The molecule has 1 N–H and O–H groups in total. The maximum atomic E-state index is 10.7. The van der Waals surface area contributed by atoms with Crippen molar-refractivity contribution in [1.29, 1.82) is 0 Å². The van der Waals surface area contributed by atoms with Crippen molar-refractivity contribution < 1.29 is 5.11 Å². The summed E-state index contributed by atoms with van der Waals surface area (Å²) in [6.07, 6.45) is 5.67. The molecule has 1 saturated carbocycles. The fraction of sp³-hybridized carbons (Fsp3) is 0.667. The van der Waals surface area contributed by atoms with Gasteiger partial charge in [-0.15, -0.1) is 0 Å². The van der Waals surface area contributed by atoms with E-state index < -0.39 is 5.60 Å². The van der Waals surface area contributed by atoms with Gasteiger partial charge in [-0.2, -0.15) is 11.3 Å². The third-order valence-electron chi connectivity index (χ3n) is 3.55. The van der Waals surface area contributed by atoms with Crippen LogP contribution < -0.4 is 0 Å². The average Bonchev–Trinajstić information content (AvgIpc) is 2.72. The van der Waals surface area contributed by atoms with Crippen LogP contribution in [0.1, 0.15) is 44.6 Å². The van der Waals surface area contributed by atoms with Crippen LogP contribution >= 0.6 is 11.3 Å². The Balaban J connectivity index is 2.27. The van der Waals surface area contributed by atoms with E-state index in [0.29, 0.717) is 5.92 Å². The van der Waals surface area contributed by atoms with E-state index in [4.69, 9.17) is 0 Å². The maximum Gasteiger partial charge on any atom is 0.0932 e. The van der Waals surface area contributed by atoms with Crippen molar-refractivity contribution in [3.63, 3.8) is 0 Å². The van der Waals surface area contributed by atoms with E-state index in [1.165, 1.54) is 19.3 Å². The molecule has 1 aliphatic rings. The second kappa shape index (κ2) is 4.03. The van der Waals surface area contributed by atoms with Gasteiger partial charge in [0.15, 0.2) is 0 Å². The first-order chi connectivity index (χ1) is 6.77. The molecule has 2 atom stereocenters. The van der Waals surface area contributed by atoms with Crippen LogP contribution in [-0.2, 0) is 5.60 Å². The van der Waals surface area contributed by atoms with Crippen LogP contribution in [0.3, 0.4) is 0 Å². The third-order valence-corrected chi connectivity index (χ3v) is 4.23. The number of aliphatic hydroxyl groups is 1. The molecule has 1 aliphatic carbocycles. The molecule has 2 heteroatoms. The fourth-order valence-corrected chi connectivity index (χ4v) is 3.39. The van der Waals surface area contributed by atoms with E-state index in [0.717, 1.165) is 18.4 Å². The molecule has 0 aliphatic heterocycles. The predicted molar refractivity (Wildman–Crippen MR) is 60.5 cm³/mol. The molecule has 0 aromatic carbocycles. The van der Waals surface area contributed by atoms with Crippen molar-refractivity contribution in [1.82, 2.24) is 0 Å². The minimum Gasteiger partial charge on any atom is -0.385 e. The highest BCUT2D eigenvalue weighted by Crippen LogP contribution is 2.43. The Labute approximate surface area is 89.8 Å². The predicted octanol–water partition coefficient (Wildman–Crippen LogP) is 3.54. The Kier molecular flexibility index (Phi) is 2.93. The molecule has 2 unspecified atom stereocenters. The smallest absolute Gasteiger partial charge is 0.0932 e. The van der Waals surface area contributed by atoms with E-state index in [1.54, 1.807) is 11.3 Å². The second-order valence-corrected chi connectivity index (χ2v) is 5.07. The molecule has 1 heterocycles. The van der Waals surface area contributed by atoms with Crippen molar-refractivity contribution in [3.05, 3.63) is 22.4 Å². The highest BCUT2D eigenvalue weighted by molar-refractivity contribution is 7.08. The molecule has 1 aromatic rings. The molecule has 1 aromatic heterocycles. The van der Waals surface area contributed by atoms with E-state index in [9.17, 15) is 5.11 Å². The average molecular weight is 210 g/mol. The first kappa shape index (κ1) is 10.2. The van der Waals surface area contributed by atoms with Crippen LogP contribution in [0.5, 0.6) is 0 Å². The van der Waals surface area contributed by atoms with Crippen molar-refractivity contribution in [3.8, 4) is 0 Å². The van der Waals surface area contributed by atoms with Gasteiger partial charge in [0.1, 0.15) is 0 Å². The van der Waals surface area contributed by atoms with Crippen LogP contribution in [0.25, 0.3) is 0 Å². The Morgan fingerprint density at radius 2 is 2.43 bits per heavy atom. The number of rotatable bonds is 2. The largest absolute Gasteiger partial charge is 0.385 e. The molecule has 78 valence electrons. The summed E-state index contributed by atoms with van der Waals surface area (Å²) in [4.78, 5) is 0. The minimum atomic E-state index is -0.521. The lowest BCUT2D eigenvalue weighted by atomic mass is 9.71. The second-order valence-electron chi connectivity index (χ2n) is 4.29. The molecule has 1 fully saturated rings. The van der Waals surface area contributed by atoms with Crippen molar-refractivity contribution in [2.45, 2.75) is 44.6 Å². The van der Waals surface area contributed by atoms with Gasteiger partial charge in [-0.3, -0.25) is 0 Å².